The van der Waals surface area contributed by atoms with E-state index >= 15 is 0 Å². The summed E-state index contributed by atoms with van der Waals surface area (Å²) < 4.78 is 11.6. The quantitative estimate of drug-likeness (QED) is 0.683. The van der Waals surface area contributed by atoms with Crippen LogP contribution in [0.4, 0.5) is 0 Å². The highest BCUT2D eigenvalue weighted by atomic mass is 32.2. The Morgan fingerprint density at radius 1 is 1.31 bits per heavy atom. The van der Waals surface area contributed by atoms with Crippen molar-refractivity contribution in [3.63, 3.8) is 0 Å². The summed E-state index contributed by atoms with van der Waals surface area (Å²) in [6, 6.07) is 0. The number of thioether (sulfide) groups is 2. The average molecular weight is 238 g/mol. The molecule has 0 spiro atoms. The lowest BCUT2D eigenvalue weighted by Crippen LogP contribution is -2.30. The maximum Gasteiger partial charge on any atom is 0.326 e. The van der Waals surface area contributed by atoms with Crippen LogP contribution in [0.25, 0.3) is 0 Å². The van der Waals surface area contributed by atoms with E-state index in [1.54, 1.807) is 14.2 Å². The van der Waals surface area contributed by atoms with E-state index in [0.717, 1.165) is 4.58 Å². The molecular weight excluding hydrogens is 220 g/mol. The van der Waals surface area contributed by atoms with Crippen LogP contribution in [-0.2, 0) is 8.85 Å². The second-order valence-corrected chi connectivity index (χ2v) is 8.36. The molecule has 0 aromatic carbocycles. The predicted molar refractivity (Wildman–Crippen MR) is 63.9 cm³/mol. The molecule has 0 amide bonds. The third kappa shape index (κ3) is 3.16. The molecule has 0 aromatic heterocycles. The van der Waals surface area contributed by atoms with Crippen molar-refractivity contribution in [3.8, 4) is 0 Å². The minimum Gasteiger partial charge on any atom is -0.400 e. The van der Waals surface area contributed by atoms with Crippen LogP contribution < -0.4 is 0 Å². The van der Waals surface area contributed by atoms with Crippen LogP contribution in [0.2, 0.25) is 5.54 Å². The van der Waals surface area contributed by atoms with Crippen molar-refractivity contribution in [2.75, 3.05) is 25.7 Å². The van der Waals surface area contributed by atoms with E-state index in [1.807, 2.05) is 0 Å². The van der Waals surface area contributed by atoms with Crippen molar-refractivity contribution in [2.45, 2.75) is 23.5 Å². The lowest BCUT2D eigenvalue weighted by molar-refractivity contribution is 0.265. The molecule has 1 unspecified atom stereocenters. The van der Waals surface area contributed by atoms with Crippen LogP contribution in [-0.4, -0.2) is 39.6 Å². The molecule has 1 fully saturated rings. The van der Waals surface area contributed by atoms with Crippen LogP contribution in [0.5, 0.6) is 0 Å². The highest BCUT2D eigenvalue weighted by Gasteiger charge is 2.33. The van der Waals surface area contributed by atoms with Crippen molar-refractivity contribution in [2.24, 2.45) is 0 Å². The first-order valence-corrected chi connectivity index (χ1v) is 8.33. The monoisotopic (exact) mass is 238 g/mol. The minimum absolute atomic E-state index is 0.660. The first-order valence-electron chi connectivity index (χ1n) is 4.62. The fourth-order valence-electron chi connectivity index (χ4n) is 1.58. The molecule has 1 saturated heterocycles. The highest BCUT2D eigenvalue weighted by molar-refractivity contribution is 8.20. The highest BCUT2D eigenvalue weighted by Crippen LogP contribution is 2.43. The van der Waals surface area contributed by atoms with Crippen LogP contribution in [0.15, 0.2) is 0 Å². The molecule has 1 atom stereocenters. The molecule has 5 heteroatoms. The Labute approximate surface area is 91.0 Å². The van der Waals surface area contributed by atoms with E-state index < -0.39 is 9.28 Å². The Kier molecular flexibility index (Phi) is 5.81. The molecule has 78 valence electrons. The van der Waals surface area contributed by atoms with Crippen molar-refractivity contribution >= 4 is 32.8 Å². The third-order valence-corrected chi connectivity index (χ3v) is 8.64. The van der Waals surface area contributed by atoms with Crippen molar-refractivity contribution in [1.29, 1.82) is 0 Å². The maximum atomic E-state index is 5.45. The van der Waals surface area contributed by atoms with Gasteiger partial charge < -0.3 is 8.85 Å². The molecule has 0 aliphatic carbocycles. The summed E-state index contributed by atoms with van der Waals surface area (Å²) in [7, 11) is 2.17. The second kappa shape index (κ2) is 6.34. The molecule has 1 aliphatic rings. The summed E-state index contributed by atoms with van der Waals surface area (Å²) in [5, 5.41) is 0. The molecule has 1 aliphatic heterocycles. The fraction of sp³-hybridized carbons (Fsp3) is 1.00. The van der Waals surface area contributed by atoms with Gasteiger partial charge in [-0.3, -0.25) is 0 Å². The summed E-state index contributed by atoms with van der Waals surface area (Å²) in [5.74, 6) is 2.58. The van der Waals surface area contributed by atoms with Crippen LogP contribution in [0.1, 0.15) is 13.3 Å². The van der Waals surface area contributed by atoms with E-state index in [9.17, 15) is 0 Å². The third-order valence-electron chi connectivity index (χ3n) is 2.28. The van der Waals surface area contributed by atoms with Crippen molar-refractivity contribution in [3.05, 3.63) is 0 Å². The standard InChI is InChI=1S/C8H18O2S2Si/c1-4-7(13(9-2)10-3)8-11-5-6-12-8/h7-8,13H,4-6H2,1-3H3. The van der Waals surface area contributed by atoms with Gasteiger partial charge in [0.2, 0.25) is 0 Å². The van der Waals surface area contributed by atoms with Gasteiger partial charge in [-0.25, -0.2) is 0 Å². The van der Waals surface area contributed by atoms with E-state index in [0.29, 0.717) is 5.54 Å². The molecule has 2 nitrogen and oxygen atoms in total. The topological polar surface area (TPSA) is 18.5 Å². The maximum absolute atomic E-state index is 5.45. The molecular formula is C8H18O2S2Si. The van der Waals surface area contributed by atoms with Gasteiger partial charge >= 0.3 is 9.28 Å². The minimum atomic E-state index is -1.40. The van der Waals surface area contributed by atoms with Crippen LogP contribution in [0, 0.1) is 0 Å². The molecule has 0 radical (unpaired) electrons. The zero-order valence-corrected chi connectivity index (χ0v) is 11.3. The van der Waals surface area contributed by atoms with Gasteiger partial charge in [-0.2, -0.15) is 0 Å². The lowest BCUT2D eigenvalue weighted by atomic mass is 10.4. The molecule has 13 heavy (non-hydrogen) atoms. The van der Waals surface area contributed by atoms with Gasteiger partial charge in [0, 0.05) is 31.3 Å². The van der Waals surface area contributed by atoms with Crippen LogP contribution in [0.3, 0.4) is 0 Å². The summed E-state index contributed by atoms with van der Waals surface area (Å²) >= 11 is 4.14. The van der Waals surface area contributed by atoms with Crippen LogP contribution >= 0.6 is 23.5 Å². The molecule has 1 rings (SSSR count). The first kappa shape index (κ1) is 11.9. The van der Waals surface area contributed by atoms with Gasteiger partial charge in [0.25, 0.3) is 0 Å². The number of hydrogen-bond acceptors (Lipinski definition) is 4. The van der Waals surface area contributed by atoms with E-state index in [-0.39, 0.29) is 0 Å². The Bertz CT molecular complexity index is 136. The molecule has 0 bridgehead atoms. The summed E-state index contributed by atoms with van der Waals surface area (Å²) in [5.41, 5.74) is 0.660. The second-order valence-electron chi connectivity index (χ2n) is 3.02. The van der Waals surface area contributed by atoms with Gasteiger partial charge in [0.15, 0.2) is 0 Å². The summed E-state index contributed by atoms with van der Waals surface area (Å²) in [6.45, 7) is 2.24. The molecule has 0 N–H and O–H groups in total. The van der Waals surface area contributed by atoms with Gasteiger partial charge in [-0.05, 0) is 6.42 Å². The van der Waals surface area contributed by atoms with E-state index in [2.05, 4.69) is 30.4 Å². The first-order chi connectivity index (χ1) is 6.33. The fourth-order valence-corrected chi connectivity index (χ4v) is 7.63. The Morgan fingerprint density at radius 3 is 2.23 bits per heavy atom. The Balaban J connectivity index is 2.48. The molecule has 0 saturated carbocycles. The van der Waals surface area contributed by atoms with Crippen molar-refractivity contribution < 1.29 is 8.85 Å². The molecule has 1 heterocycles. The predicted octanol–water partition coefficient (Wildman–Crippen LogP) is 2.09. The van der Waals surface area contributed by atoms with Gasteiger partial charge in [-0.15, -0.1) is 23.5 Å². The number of rotatable bonds is 5. The van der Waals surface area contributed by atoms with Gasteiger partial charge in [0.1, 0.15) is 0 Å². The van der Waals surface area contributed by atoms with E-state index in [4.69, 9.17) is 8.85 Å². The van der Waals surface area contributed by atoms with Gasteiger partial charge in [0.05, 0.1) is 4.58 Å². The van der Waals surface area contributed by atoms with E-state index in [1.165, 1.54) is 17.9 Å². The average Bonchev–Trinajstić information content (AvgIpc) is 2.66. The number of hydrogen-bond donors (Lipinski definition) is 0. The summed E-state index contributed by atoms with van der Waals surface area (Å²) in [6.07, 6.45) is 1.18. The normalized spacial score (nSPS) is 21.2. The summed E-state index contributed by atoms with van der Waals surface area (Å²) in [4.78, 5) is 0. The lowest BCUT2D eigenvalue weighted by Gasteiger charge is -2.25. The Hall–Kier alpha value is 0.837. The smallest absolute Gasteiger partial charge is 0.326 e. The SMILES string of the molecule is CCC(C1SCCS1)[SiH](OC)OC. The zero-order chi connectivity index (χ0) is 9.68. The van der Waals surface area contributed by atoms with Gasteiger partial charge in [-0.1, -0.05) is 6.92 Å². The molecule has 0 aromatic rings. The Morgan fingerprint density at radius 2 is 1.85 bits per heavy atom. The largest absolute Gasteiger partial charge is 0.400 e. The zero-order valence-electron chi connectivity index (χ0n) is 8.49. The van der Waals surface area contributed by atoms with Crippen molar-refractivity contribution in [1.82, 2.24) is 0 Å².